The van der Waals surface area contributed by atoms with Gasteiger partial charge in [0.1, 0.15) is 23.0 Å². The maximum atomic E-state index is 14.1. The molecular formula is C46H42N4O12. The average molecular weight is 843 g/mol. The Bertz CT molecular complexity index is 2560. The third kappa shape index (κ3) is 10.3. The number of ether oxygens (including phenoxy) is 4. The minimum absolute atomic E-state index is 0. The Morgan fingerprint density at radius 3 is 1.35 bits per heavy atom. The van der Waals surface area contributed by atoms with E-state index in [9.17, 15) is 34.4 Å². The summed E-state index contributed by atoms with van der Waals surface area (Å²) >= 11 is 0. The molecule has 0 radical (unpaired) electrons. The van der Waals surface area contributed by atoms with E-state index in [1.807, 2.05) is 0 Å². The van der Waals surface area contributed by atoms with Crippen LogP contribution in [0.2, 0.25) is 0 Å². The van der Waals surface area contributed by atoms with Crippen molar-refractivity contribution < 1.29 is 53.6 Å². The Balaban J connectivity index is 0.00000726. The fourth-order valence-electron chi connectivity index (χ4n) is 6.38. The Kier molecular flexibility index (Phi) is 14.6. The van der Waals surface area contributed by atoms with E-state index in [0.717, 1.165) is 0 Å². The summed E-state index contributed by atoms with van der Waals surface area (Å²) in [5, 5.41) is 23.5. The van der Waals surface area contributed by atoms with Gasteiger partial charge in [-0.2, -0.15) is 0 Å². The molecule has 4 N–H and O–H groups in total. The molecule has 16 nitrogen and oxygen atoms in total. The van der Waals surface area contributed by atoms with Crippen molar-refractivity contribution in [1.82, 2.24) is 0 Å². The lowest BCUT2D eigenvalue weighted by Crippen LogP contribution is -2.30. The number of nitrogens with zero attached hydrogens (tertiary/aromatic N) is 3. The maximum Gasteiger partial charge on any atom is 0.335 e. The average Bonchev–Trinajstić information content (AvgIpc) is 3.29. The van der Waals surface area contributed by atoms with E-state index >= 15 is 0 Å². The number of carbonyl (C=O) groups excluding carboxylic acids is 3. The number of amides is 3. The van der Waals surface area contributed by atoms with Gasteiger partial charge < -0.3 is 44.6 Å². The summed E-state index contributed by atoms with van der Waals surface area (Å²) < 4.78 is 21.8. The Morgan fingerprint density at radius 1 is 0.565 bits per heavy atom. The number of hydrogen-bond acceptors (Lipinski definition) is 10. The summed E-state index contributed by atoms with van der Waals surface area (Å²) in [6.07, 6.45) is 0. The van der Waals surface area contributed by atoms with Crippen LogP contribution in [0, 0.1) is 10.1 Å². The zero-order valence-electron chi connectivity index (χ0n) is 34.0. The quantitative estimate of drug-likeness (QED) is 0.0720. The molecule has 6 aromatic carbocycles. The van der Waals surface area contributed by atoms with Gasteiger partial charge in [0, 0.05) is 69.1 Å². The number of nitro benzene ring substituents is 1. The normalized spacial score (nSPS) is 10.4. The van der Waals surface area contributed by atoms with E-state index in [-0.39, 0.29) is 40.9 Å². The number of methoxy groups -OCH3 is 4. The highest BCUT2D eigenvalue weighted by Crippen LogP contribution is 2.31. The molecule has 318 valence electrons. The largest absolute Gasteiger partial charge is 0.497 e. The van der Waals surface area contributed by atoms with E-state index < -0.39 is 28.6 Å². The van der Waals surface area contributed by atoms with Crippen LogP contribution in [-0.4, -0.2) is 67.6 Å². The van der Waals surface area contributed by atoms with Crippen LogP contribution in [0.25, 0.3) is 0 Å². The van der Waals surface area contributed by atoms with Crippen molar-refractivity contribution in [3.63, 3.8) is 0 Å². The second-order valence-corrected chi connectivity index (χ2v) is 13.4. The van der Waals surface area contributed by atoms with E-state index in [2.05, 4.69) is 5.32 Å². The number of nitro groups is 1. The first-order chi connectivity index (χ1) is 29.4. The molecule has 16 heteroatoms. The van der Waals surface area contributed by atoms with Gasteiger partial charge in [-0.1, -0.05) is 0 Å². The number of non-ortho nitro benzene ring substituents is 1. The zero-order valence-corrected chi connectivity index (χ0v) is 34.0. The van der Waals surface area contributed by atoms with Gasteiger partial charge in [-0.25, -0.2) is 4.79 Å². The highest BCUT2D eigenvalue weighted by Gasteiger charge is 2.24. The van der Waals surface area contributed by atoms with Gasteiger partial charge >= 0.3 is 5.97 Å². The minimum Gasteiger partial charge on any atom is -0.497 e. The van der Waals surface area contributed by atoms with Crippen molar-refractivity contribution in [1.29, 1.82) is 0 Å². The molecule has 0 aliphatic rings. The second kappa shape index (κ2) is 20.1. The van der Waals surface area contributed by atoms with E-state index in [0.29, 0.717) is 56.8 Å². The van der Waals surface area contributed by atoms with E-state index in [4.69, 9.17) is 18.9 Å². The van der Waals surface area contributed by atoms with Crippen LogP contribution in [0.15, 0.2) is 133 Å². The lowest BCUT2D eigenvalue weighted by atomic mass is 10.1. The van der Waals surface area contributed by atoms with Crippen LogP contribution in [0.3, 0.4) is 0 Å². The molecule has 0 heterocycles. The number of carbonyl (C=O) groups is 4. The summed E-state index contributed by atoms with van der Waals surface area (Å²) in [5.74, 6) is -0.299. The zero-order chi connectivity index (χ0) is 43.6. The Morgan fingerprint density at radius 2 is 0.968 bits per heavy atom. The Hall–Kier alpha value is -8.24. The summed E-state index contributed by atoms with van der Waals surface area (Å²) in [7, 11) is 6.07. The van der Waals surface area contributed by atoms with Crippen LogP contribution in [0.5, 0.6) is 23.0 Å². The molecule has 0 saturated carbocycles. The van der Waals surface area contributed by atoms with Gasteiger partial charge in [-0.05, 0) is 109 Å². The number of carboxylic acids is 1. The molecule has 6 aromatic rings. The number of aromatic carboxylic acids is 1. The summed E-state index contributed by atoms with van der Waals surface area (Å²) in [5.41, 5.74) is 3.31. The molecule has 6 rings (SSSR count). The van der Waals surface area contributed by atoms with Gasteiger partial charge in [-0.3, -0.25) is 24.5 Å². The molecule has 0 aliphatic carbocycles. The number of anilines is 3. The Labute approximate surface area is 355 Å². The first-order valence-electron chi connectivity index (χ1n) is 18.6. The maximum absolute atomic E-state index is 14.1. The molecule has 0 bridgehead atoms. The van der Waals surface area contributed by atoms with Crippen molar-refractivity contribution in [2.45, 2.75) is 13.1 Å². The number of rotatable bonds is 16. The van der Waals surface area contributed by atoms with E-state index in [1.165, 1.54) is 74.6 Å². The van der Waals surface area contributed by atoms with Crippen LogP contribution >= 0.6 is 0 Å². The van der Waals surface area contributed by atoms with Crippen molar-refractivity contribution >= 4 is 46.4 Å². The van der Waals surface area contributed by atoms with Gasteiger partial charge in [-0.15, -0.1) is 0 Å². The third-order valence-electron chi connectivity index (χ3n) is 9.72. The molecule has 0 unspecified atom stereocenters. The topological polar surface area (TPSA) is 219 Å². The van der Waals surface area contributed by atoms with Crippen LogP contribution in [0.4, 0.5) is 22.7 Å². The first kappa shape index (κ1) is 44.9. The van der Waals surface area contributed by atoms with Crippen molar-refractivity contribution in [3.05, 3.63) is 177 Å². The second-order valence-electron chi connectivity index (χ2n) is 13.4. The summed E-state index contributed by atoms with van der Waals surface area (Å²) in [4.78, 5) is 66.7. The number of nitrogens with one attached hydrogen (secondary N) is 1. The summed E-state index contributed by atoms with van der Waals surface area (Å²) in [6.45, 7) is 0.135. The highest BCUT2D eigenvalue weighted by atomic mass is 16.6. The van der Waals surface area contributed by atoms with Gasteiger partial charge in [0.25, 0.3) is 23.4 Å². The fourth-order valence-corrected chi connectivity index (χ4v) is 6.38. The van der Waals surface area contributed by atoms with Crippen LogP contribution in [-0.2, 0) is 13.1 Å². The number of hydrogen-bond donors (Lipinski definition) is 2. The first-order valence-corrected chi connectivity index (χ1v) is 18.6. The highest BCUT2D eigenvalue weighted by molar-refractivity contribution is 6.09. The molecule has 0 aliphatic heterocycles. The molecule has 0 atom stereocenters. The minimum atomic E-state index is -1.10. The lowest BCUT2D eigenvalue weighted by Gasteiger charge is -2.25. The lowest BCUT2D eigenvalue weighted by molar-refractivity contribution is -0.384. The smallest absolute Gasteiger partial charge is 0.335 e. The van der Waals surface area contributed by atoms with Crippen molar-refractivity contribution in [2.75, 3.05) is 43.6 Å². The molecular weight excluding hydrogens is 801 g/mol. The van der Waals surface area contributed by atoms with Crippen LogP contribution in [0.1, 0.15) is 52.6 Å². The number of benzene rings is 6. The van der Waals surface area contributed by atoms with Crippen molar-refractivity contribution in [3.8, 4) is 23.0 Å². The van der Waals surface area contributed by atoms with Gasteiger partial charge in [0.15, 0.2) is 0 Å². The van der Waals surface area contributed by atoms with Gasteiger partial charge in [0.05, 0.1) is 52.0 Å². The standard InChI is InChI=1S/C46H40N4O11.H2O/c1-58-39-23-13-33(41(25-39)60-3)27-48(45(53)31-9-21-38(22-10-31)50(56)57)36-17-7-29(8-18-36)43(51)47-35-15-5-30(6-16-35)44(52)49(37-19-11-32(12-20-37)46(54)55)28-34-14-24-40(59-2)26-42(34)61-4;/h5-26H,27-28H2,1-4H3,(H,47,51)(H,54,55);1H2. The fraction of sp³-hybridized carbons (Fsp3) is 0.130. The van der Waals surface area contributed by atoms with E-state index in [1.54, 1.807) is 97.1 Å². The monoisotopic (exact) mass is 842 g/mol. The molecule has 0 spiro atoms. The van der Waals surface area contributed by atoms with Gasteiger partial charge in [0.2, 0.25) is 0 Å². The molecule has 62 heavy (non-hydrogen) atoms. The van der Waals surface area contributed by atoms with Crippen molar-refractivity contribution in [2.24, 2.45) is 0 Å². The third-order valence-corrected chi connectivity index (χ3v) is 9.72. The molecule has 0 aromatic heterocycles. The molecule has 3 amide bonds. The SMILES string of the molecule is COc1ccc(CN(C(=O)c2ccc(NC(=O)c3ccc(N(Cc4ccc(OC)cc4OC)C(=O)c4ccc([N+](=O)[O-])cc4)cc3)cc2)c2ccc(C(=O)O)cc2)c(OC)c1.O. The summed E-state index contributed by atoms with van der Waals surface area (Å²) in [6, 6.07) is 34.3. The molecule has 0 saturated heterocycles. The molecule has 0 fully saturated rings. The number of carboxylic acid groups (broad SMARTS) is 1. The predicted octanol–water partition coefficient (Wildman–Crippen LogP) is 7.45. The predicted molar refractivity (Wildman–Crippen MR) is 231 cm³/mol. The van der Waals surface area contributed by atoms with Crippen LogP contribution < -0.4 is 34.1 Å².